The van der Waals surface area contributed by atoms with Crippen LogP contribution in [0.3, 0.4) is 0 Å². The lowest BCUT2D eigenvalue weighted by Gasteiger charge is -2.08. The molecule has 0 saturated carbocycles. The van der Waals surface area contributed by atoms with Gasteiger partial charge in [-0.1, -0.05) is 18.1 Å². The van der Waals surface area contributed by atoms with Crippen molar-refractivity contribution in [3.05, 3.63) is 29.8 Å². The third-order valence-corrected chi connectivity index (χ3v) is 2.20. The minimum absolute atomic E-state index is 0.0851. The van der Waals surface area contributed by atoms with Crippen LogP contribution in [0.5, 0.6) is 5.75 Å². The van der Waals surface area contributed by atoms with E-state index in [0.29, 0.717) is 19.7 Å². The lowest BCUT2D eigenvalue weighted by atomic mass is 10.2. The lowest BCUT2D eigenvalue weighted by Crippen LogP contribution is -2.36. The van der Waals surface area contributed by atoms with Gasteiger partial charge in [-0.25, -0.2) is 0 Å². The maximum atomic E-state index is 11.3. The minimum Gasteiger partial charge on any atom is -0.492 e. The molecule has 0 heterocycles. The van der Waals surface area contributed by atoms with Crippen LogP contribution in [0.2, 0.25) is 0 Å². The molecule has 0 aromatic heterocycles. The summed E-state index contributed by atoms with van der Waals surface area (Å²) in [5.41, 5.74) is 1.15. The fourth-order valence-electron chi connectivity index (χ4n) is 1.38. The number of terminal acetylenes is 1. The van der Waals surface area contributed by atoms with Gasteiger partial charge in [0, 0.05) is 0 Å². The maximum absolute atomic E-state index is 11.3. The number of rotatable bonds is 7. The summed E-state index contributed by atoms with van der Waals surface area (Å²) in [6.45, 7) is 3.56. The van der Waals surface area contributed by atoms with E-state index in [9.17, 15) is 4.79 Å². The van der Waals surface area contributed by atoms with Crippen molar-refractivity contribution < 1.29 is 9.53 Å². The summed E-state index contributed by atoms with van der Waals surface area (Å²) in [7, 11) is 0. The zero-order valence-corrected chi connectivity index (χ0v) is 10.5. The number of amides is 1. The highest BCUT2D eigenvalue weighted by Crippen LogP contribution is 2.11. The molecule has 18 heavy (non-hydrogen) atoms. The third kappa shape index (κ3) is 5.92. The van der Waals surface area contributed by atoms with Crippen LogP contribution in [-0.2, 0) is 4.79 Å². The van der Waals surface area contributed by atoms with Gasteiger partial charge in [0.1, 0.15) is 12.4 Å². The summed E-state index contributed by atoms with van der Waals surface area (Å²) in [6, 6.07) is 7.79. The molecule has 0 aliphatic carbocycles. The average molecular weight is 246 g/mol. The molecule has 0 fully saturated rings. The summed E-state index contributed by atoms with van der Waals surface area (Å²) in [5.74, 6) is 3.13. The van der Waals surface area contributed by atoms with Crippen molar-refractivity contribution in [3.8, 4) is 18.1 Å². The maximum Gasteiger partial charge on any atom is 0.234 e. The first kappa shape index (κ1) is 14.1. The fourth-order valence-corrected chi connectivity index (χ4v) is 1.38. The molecule has 1 aromatic carbocycles. The second kappa shape index (κ2) is 8.15. The van der Waals surface area contributed by atoms with Gasteiger partial charge in [-0.2, -0.15) is 0 Å². The van der Waals surface area contributed by atoms with Crippen molar-refractivity contribution in [3.63, 3.8) is 0 Å². The molecular weight excluding hydrogens is 228 g/mol. The van der Waals surface area contributed by atoms with Gasteiger partial charge < -0.3 is 10.1 Å². The number of aryl methyl sites for hydroxylation is 1. The number of nitrogens with one attached hydrogen (secondary N) is 2. The molecule has 0 aliphatic heterocycles. The number of carbonyl (C=O) groups is 1. The average Bonchev–Trinajstić information content (AvgIpc) is 2.35. The summed E-state index contributed by atoms with van der Waals surface area (Å²) in [6.07, 6.45) is 5.05. The molecule has 4 heteroatoms. The van der Waals surface area contributed by atoms with E-state index in [1.165, 1.54) is 0 Å². The Morgan fingerprint density at radius 2 is 2.33 bits per heavy atom. The topological polar surface area (TPSA) is 50.4 Å². The van der Waals surface area contributed by atoms with E-state index in [4.69, 9.17) is 11.2 Å². The van der Waals surface area contributed by atoms with Crippen LogP contribution in [0.15, 0.2) is 24.3 Å². The van der Waals surface area contributed by atoms with E-state index >= 15 is 0 Å². The molecule has 0 atom stereocenters. The van der Waals surface area contributed by atoms with E-state index in [0.717, 1.165) is 11.3 Å². The van der Waals surface area contributed by atoms with Crippen LogP contribution >= 0.6 is 0 Å². The molecule has 4 nitrogen and oxygen atoms in total. The van der Waals surface area contributed by atoms with Gasteiger partial charge in [-0.05, 0) is 24.6 Å². The van der Waals surface area contributed by atoms with Crippen LogP contribution in [0.1, 0.15) is 5.56 Å². The normalized spacial score (nSPS) is 9.56. The summed E-state index contributed by atoms with van der Waals surface area (Å²) in [5, 5.41) is 5.54. The molecule has 0 spiro atoms. The van der Waals surface area contributed by atoms with Gasteiger partial charge in [0.05, 0.1) is 19.6 Å². The molecule has 1 aromatic rings. The van der Waals surface area contributed by atoms with Crippen molar-refractivity contribution in [2.75, 3.05) is 26.2 Å². The number of hydrogen-bond donors (Lipinski definition) is 2. The molecule has 96 valence electrons. The number of hydrogen-bond acceptors (Lipinski definition) is 3. The molecule has 1 amide bonds. The van der Waals surface area contributed by atoms with Crippen LogP contribution < -0.4 is 15.4 Å². The SMILES string of the molecule is C#CCNCC(=O)NCCOc1cccc(C)c1. The Hall–Kier alpha value is -1.99. The third-order valence-electron chi connectivity index (χ3n) is 2.20. The van der Waals surface area contributed by atoms with Gasteiger partial charge in [-0.3, -0.25) is 10.1 Å². The van der Waals surface area contributed by atoms with Crippen molar-refractivity contribution in [2.45, 2.75) is 6.92 Å². The van der Waals surface area contributed by atoms with Gasteiger partial charge in [0.15, 0.2) is 0 Å². The van der Waals surface area contributed by atoms with Gasteiger partial charge in [0.25, 0.3) is 0 Å². The van der Waals surface area contributed by atoms with E-state index in [1.54, 1.807) is 0 Å². The van der Waals surface area contributed by atoms with Crippen molar-refractivity contribution in [2.24, 2.45) is 0 Å². The van der Waals surface area contributed by atoms with Crippen LogP contribution in [0.25, 0.3) is 0 Å². The summed E-state index contributed by atoms with van der Waals surface area (Å²) < 4.78 is 5.50. The lowest BCUT2D eigenvalue weighted by molar-refractivity contribution is -0.120. The first-order valence-corrected chi connectivity index (χ1v) is 5.82. The summed E-state index contributed by atoms with van der Waals surface area (Å²) >= 11 is 0. The standard InChI is InChI=1S/C14H18N2O2/c1-3-7-15-11-14(17)16-8-9-18-13-6-4-5-12(2)10-13/h1,4-6,10,15H,7-9,11H2,2H3,(H,16,17). The molecule has 0 unspecified atom stereocenters. The number of benzene rings is 1. The Morgan fingerprint density at radius 3 is 3.06 bits per heavy atom. The Balaban J connectivity index is 2.12. The largest absolute Gasteiger partial charge is 0.492 e. The fraction of sp³-hybridized carbons (Fsp3) is 0.357. The first-order chi connectivity index (χ1) is 8.72. The molecule has 1 rings (SSSR count). The van der Waals surface area contributed by atoms with E-state index in [-0.39, 0.29) is 12.5 Å². The van der Waals surface area contributed by atoms with Crippen molar-refractivity contribution >= 4 is 5.91 Å². The Morgan fingerprint density at radius 1 is 1.50 bits per heavy atom. The van der Waals surface area contributed by atoms with E-state index in [2.05, 4.69) is 16.6 Å². The Labute approximate surface area is 108 Å². The van der Waals surface area contributed by atoms with Gasteiger partial charge in [-0.15, -0.1) is 6.42 Å². The second-order valence-electron chi connectivity index (χ2n) is 3.82. The zero-order valence-electron chi connectivity index (χ0n) is 10.5. The molecule has 0 radical (unpaired) electrons. The first-order valence-electron chi connectivity index (χ1n) is 5.82. The molecule has 2 N–H and O–H groups in total. The molecular formula is C14H18N2O2. The van der Waals surface area contributed by atoms with Crippen LogP contribution in [0, 0.1) is 19.3 Å². The van der Waals surface area contributed by atoms with Crippen molar-refractivity contribution in [1.29, 1.82) is 0 Å². The minimum atomic E-state index is -0.0851. The predicted molar refractivity (Wildman–Crippen MR) is 71.4 cm³/mol. The van der Waals surface area contributed by atoms with E-state index < -0.39 is 0 Å². The molecule has 0 bridgehead atoms. The Bertz CT molecular complexity index is 424. The highest BCUT2D eigenvalue weighted by molar-refractivity contribution is 5.77. The zero-order chi connectivity index (χ0) is 13.2. The second-order valence-corrected chi connectivity index (χ2v) is 3.82. The van der Waals surface area contributed by atoms with E-state index in [1.807, 2.05) is 31.2 Å². The number of carbonyl (C=O) groups excluding carboxylic acids is 1. The highest BCUT2D eigenvalue weighted by Gasteiger charge is 1.99. The van der Waals surface area contributed by atoms with Gasteiger partial charge >= 0.3 is 0 Å². The predicted octanol–water partition coefficient (Wildman–Crippen LogP) is 0.713. The smallest absolute Gasteiger partial charge is 0.234 e. The summed E-state index contributed by atoms with van der Waals surface area (Å²) in [4.78, 5) is 11.3. The monoisotopic (exact) mass is 246 g/mol. The van der Waals surface area contributed by atoms with Crippen LogP contribution in [-0.4, -0.2) is 32.1 Å². The van der Waals surface area contributed by atoms with Crippen LogP contribution in [0.4, 0.5) is 0 Å². The Kier molecular flexibility index (Phi) is 6.37. The van der Waals surface area contributed by atoms with Gasteiger partial charge in [0.2, 0.25) is 5.91 Å². The van der Waals surface area contributed by atoms with Crippen molar-refractivity contribution in [1.82, 2.24) is 10.6 Å². The number of ether oxygens (including phenoxy) is 1. The quantitative estimate of drug-likeness (QED) is 0.550. The molecule has 0 saturated heterocycles. The molecule has 0 aliphatic rings. The highest BCUT2D eigenvalue weighted by atomic mass is 16.5.